The topological polar surface area (TPSA) is 29.3 Å². The monoisotopic (exact) mass is 272 g/mol. The molecule has 0 unspecified atom stereocenters. The Morgan fingerprint density at radius 2 is 2.00 bits per heavy atom. The molecule has 0 amide bonds. The van der Waals surface area contributed by atoms with Crippen molar-refractivity contribution in [3.8, 4) is 0 Å². The molecular weight excluding hydrogens is 254 g/mol. The number of alkyl halides is 2. The molecule has 0 aliphatic rings. The average molecular weight is 272 g/mol. The Balaban J connectivity index is 3.28. The van der Waals surface area contributed by atoms with Gasteiger partial charge in [-0.15, -0.1) is 12.6 Å². The van der Waals surface area contributed by atoms with E-state index in [9.17, 15) is 8.78 Å². The van der Waals surface area contributed by atoms with Crippen LogP contribution in [0.1, 0.15) is 31.4 Å². The van der Waals surface area contributed by atoms with Gasteiger partial charge in [-0.25, -0.2) is 8.78 Å². The van der Waals surface area contributed by atoms with Crippen LogP contribution in [0.15, 0.2) is 23.6 Å². The lowest BCUT2D eigenvalue weighted by atomic mass is 10.1. The van der Waals surface area contributed by atoms with Gasteiger partial charge in [0, 0.05) is 30.0 Å². The molecule has 0 heterocycles. The lowest BCUT2D eigenvalue weighted by molar-refractivity contribution is 0.152. The second-order valence-corrected chi connectivity index (χ2v) is 4.09. The summed E-state index contributed by atoms with van der Waals surface area (Å²) >= 11 is 3.93. The Morgan fingerprint density at radius 1 is 1.39 bits per heavy atom. The number of halogens is 2. The van der Waals surface area contributed by atoms with Crippen molar-refractivity contribution >= 4 is 24.0 Å². The minimum atomic E-state index is -2.52. The molecule has 1 aromatic carbocycles. The molecule has 100 valence electrons. The second kappa shape index (κ2) is 6.64. The largest absolute Gasteiger partial charge is 0.398 e. The fourth-order valence-electron chi connectivity index (χ4n) is 1.84. The van der Waals surface area contributed by atoms with E-state index in [0.29, 0.717) is 30.0 Å². The zero-order valence-corrected chi connectivity index (χ0v) is 11.4. The zero-order chi connectivity index (χ0) is 13.7. The molecule has 0 radical (unpaired) electrons. The summed E-state index contributed by atoms with van der Waals surface area (Å²) < 4.78 is 26.2. The highest BCUT2D eigenvalue weighted by Crippen LogP contribution is 2.32. The van der Waals surface area contributed by atoms with E-state index in [-0.39, 0.29) is 5.56 Å². The number of thiol groups is 1. The van der Waals surface area contributed by atoms with Crippen molar-refractivity contribution in [3.63, 3.8) is 0 Å². The highest BCUT2D eigenvalue weighted by molar-refractivity contribution is 7.83. The van der Waals surface area contributed by atoms with Gasteiger partial charge in [0.05, 0.1) is 0 Å². The summed E-state index contributed by atoms with van der Waals surface area (Å²) in [7, 11) is 0. The first-order valence-electron chi connectivity index (χ1n) is 5.82. The molecule has 2 nitrogen and oxygen atoms in total. The molecule has 5 heteroatoms. The summed E-state index contributed by atoms with van der Waals surface area (Å²) in [5.74, 6) is 0. The quantitative estimate of drug-likeness (QED) is 0.801. The summed E-state index contributed by atoms with van der Waals surface area (Å²) in [6, 6.07) is 4.86. The third kappa shape index (κ3) is 3.16. The maximum Gasteiger partial charge on any atom is 0.265 e. The average Bonchev–Trinajstić information content (AvgIpc) is 2.39. The number of nitrogens with zero attached hydrogens (tertiary/aromatic N) is 1. The van der Waals surface area contributed by atoms with Gasteiger partial charge in [-0.05, 0) is 37.0 Å². The van der Waals surface area contributed by atoms with Crippen LogP contribution in [0.25, 0.3) is 5.70 Å². The van der Waals surface area contributed by atoms with Crippen LogP contribution in [0, 0.1) is 0 Å². The van der Waals surface area contributed by atoms with Crippen LogP contribution in [0.4, 0.5) is 14.5 Å². The molecular formula is C13H18F2N2S. The number of rotatable bonds is 5. The van der Waals surface area contributed by atoms with Crippen molar-refractivity contribution in [3.05, 3.63) is 34.7 Å². The fraction of sp³-hybridized carbons (Fsp3) is 0.385. The lowest BCUT2D eigenvalue weighted by Crippen LogP contribution is -2.23. The third-order valence-corrected chi connectivity index (χ3v) is 3.12. The zero-order valence-electron chi connectivity index (χ0n) is 10.5. The van der Waals surface area contributed by atoms with Gasteiger partial charge in [-0.2, -0.15) is 0 Å². The van der Waals surface area contributed by atoms with E-state index in [1.807, 2.05) is 18.7 Å². The molecule has 0 spiro atoms. The van der Waals surface area contributed by atoms with Gasteiger partial charge < -0.3 is 10.6 Å². The van der Waals surface area contributed by atoms with Crippen LogP contribution in [0.3, 0.4) is 0 Å². The Labute approximate surface area is 112 Å². The van der Waals surface area contributed by atoms with Crippen LogP contribution in [-0.2, 0) is 0 Å². The minimum Gasteiger partial charge on any atom is -0.398 e. The highest BCUT2D eigenvalue weighted by atomic mass is 32.1. The maximum atomic E-state index is 13.1. The molecule has 0 saturated heterocycles. The van der Waals surface area contributed by atoms with Crippen molar-refractivity contribution in [1.82, 2.24) is 0 Å². The second-order valence-electron chi connectivity index (χ2n) is 3.83. The molecule has 0 bridgehead atoms. The predicted octanol–water partition coefficient (Wildman–Crippen LogP) is 3.66. The van der Waals surface area contributed by atoms with Crippen LogP contribution in [0.5, 0.6) is 0 Å². The molecule has 18 heavy (non-hydrogen) atoms. The summed E-state index contributed by atoms with van der Waals surface area (Å²) in [6.07, 6.45) is -2.52. The lowest BCUT2D eigenvalue weighted by Gasteiger charge is -2.24. The first-order chi connectivity index (χ1) is 8.54. The molecule has 0 fully saturated rings. The number of anilines is 1. The smallest absolute Gasteiger partial charge is 0.265 e. The van der Waals surface area contributed by atoms with Gasteiger partial charge >= 0.3 is 0 Å². The van der Waals surface area contributed by atoms with Gasteiger partial charge in [-0.1, -0.05) is 6.07 Å². The normalized spacial score (nSPS) is 12.0. The number of hydrogen-bond acceptors (Lipinski definition) is 3. The first kappa shape index (κ1) is 14.8. The van der Waals surface area contributed by atoms with Crippen molar-refractivity contribution in [2.45, 2.75) is 20.3 Å². The van der Waals surface area contributed by atoms with E-state index in [0.717, 1.165) is 0 Å². The van der Waals surface area contributed by atoms with Crippen molar-refractivity contribution < 1.29 is 8.78 Å². The van der Waals surface area contributed by atoms with E-state index in [2.05, 4.69) is 12.6 Å². The SMILES string of the molecule is CCN(CC)c1ccc(/C(N)=C/S)cc1C(F)F. The van der Waals surface area contributed by atoms with Crippen molar-refractivity contribution in [2.24, 2.45) is 5.73 Å². The Bertz CT molecular complexity index is 429. The van der Waals surface area contributed by atoms with Gasteiger partial charge in [0.2, 0.25) is 0 Å². The van der Waals surface area contributed by atoms with Crippen LogP contribution < -0.4 is 10.6 Å². The minimum absolute atomic E-state index is 0.00864. The van der Waals surface area contributed by atoms with Crippen molar-refractivity contribution in [1.29, 1.82) is 0 Å². The molecule has 0 aromatic heterocycles. The van der Waals surface area contributed by atoms with Gasteiger partial charge in [0.15, 0.2) is 0 Å². The molecule has 0 aliphatic carbocycles. The highest BCUT2D eigenvalue weighted by Gasteiger charge is 2.17. The van der Waals surface area contributed by atoms with E-state index < -0.39 is 6.43 Å². The molecule has 0 aliphatic heterocycles. The molecule has 1 rings (SSSR count). The Hall–Kier alpha value is -1.23. The standard InChI is InChI=1S/C13H18F2N2S/c1-3-17(4-2)12-6-5-9(11(16)8-18)7-10(12)13(14)15/h5-8,13,18H,3-4,16H2,1-2H3/b11-8-. The van der Waals surface area contributed by atoms with E-state index in [4.69, 9.17) is 5.73 Å². The van der Waals surface area contributed by atoms with E-state index >= 15 is 0 Å². The van der Waals surface area contributed by atoms with E-state index in [1.165, 1.54) is 11.5 Å². The first-order valence-corrected chi connectivity index (χ1v) is 6.34. The van der Waals surface area contributed by atoms with Crippen LogP contribution in [-0.4, -0.2) is 13.1 Å². The maximum absolute atomic E-state index is 13.1. The van der Waals surface area contributed by atoms with E-state index in [1.54, 1.807) is 12.1 Å². The summed E-state index contributed by atoms with van der Waals surface area (Å²) in [5, 5.41) is 1.40. The molecule has 2 N–H and O–H groups in total. The van der Waals surface area contributed by atoms with Crippen molar-refractivity contribution in [2.75, 3.05) is 18.0 Å². The third-order valence-electron chi connectivity index (χ3n) is 2.84. The fourth-order valence-corrected chi connectivity index (χ4v) is 1.98. The molecule has 0 saturated carbocycles. The number of nitrogens with two attached hydrogens (primary N) is 1. The van der Waals surface area contributed by atoms with Crippen LogP contribution in [0.2, 0.25) is 0 Å². The van der Waals surface area contributed by atoms with Gasteiger partial charge in [0.25, 0.3) is 6.43 Å². The summed E-state index contributed by atoms with van der Waals surface area (Å²) in [4.78, 5) is 1.89. The van der Waals surface area contributed by atoms with Gasteiger partial charge in [0.1, 0.15) is 0 Å². The summed E-state index contributed by atoms with van der Waals surface area (Å²) in [6.45, 7) is 5.25. The molecule has 1 aromatic rings. The number of hydrogen-bond donors (Lipinski definition) is 2. The van der Waals surface area contributed by atoms with Crippen LogP contribution >= 0.6 is 12.6 Å². The predicted molar refractivity (Wildman–Crippen MR) is 76.1 cm³/mol. The summed E-state index contributed by atoms with van der Waals surface area (Å²) in [5.41, 5.74) is 7.20. The Morgan fingerprint density at radius 3 is 2.44 bits per heavy atom. The number of benzene rings is 1. The molecule has 0 atom stereocenters. The van der Waals surface area contributed by atoms with Gasteiger partial charge in [-0.3, -0.25) is 0 Å². The Kier molecular flexibility index (Phi) is 5.47.